The third-order valence-electron chi connectivity index (χ3n) is 3.56. The summed E-state index contributed by atoms with van der Waals surface area (Å²) in [5.74, 6) is 1.58. The van der Waals surface area contributed by atoms with Crippen molar-refractivity contribution in [1.82, 2.24) is 0 Å². The molecule has 102 valence electrons. The lowest BCUT2D eigenvalue weighted by Crippen LogP contribution is -2.05. The Hall–Kier alpha value is -1.71. The van der Waals surface area contributed by atoms with Crippen molar-refractivity contribution in [1.29, 1.82) is 0 Å². The van der Waals surface area contributed by atoms with Crippen molar-refractivity contribution in [2.45, 2.75) is 45.3 Å². The Morgan fingerprint density at radius 3 is 2.89 bits per heavy atom. The number of carbonyl (C=O) groups excluding carboxylic acids is 1. The summed E-state index contributed by atoms with van der Waals surface area (Å²) in [5.41, 5.74) is 2.10. The Kier molecular flexibility index (Phi) is 3.09. The number of cyclic esters (lactones) is 1. The third-order valence-corrected chi connectivity index (χ3v) is 3.56. The van der Waals surface area contributed by atoms with E-state index in [1.54, 1.807) is 0 Å². The Labute approximate surface area is 112 Å². The molecule has 1 fully saturated rings. The smallest absolute Gasteiger partial charge is 0.306 e. The van der Waals surface area contributed by atoms with E-state index in [1.165, 1.54) is 5.56 Å². The third kappa shape index (κ3) is 2.27. The fourth-order valence-corrected chi connectivity index (χ4v) is 2.73. The minimum atomic E-state index is -0.196. The normalized spacial score (nSPS) is 24.8. The first kappa shape index (κ1) is 12.3. The molecule has 19 heavy (non-hydrogen) atoms. The van der Waals surface area contributed by atoms with Crippen LogP contribution in [0.15, 0.2) is 12.1 Å². The van der Waals surface area contributed by atoms with Crippen molar-refractivity contribution >= 4 is 5.97 Å². The molecule has 3 rings (SSSR count). The molecule has 0 aromatic heterocycles. The van der Waals surface area contributed by atoms with Gasteiger partial charge in [-0.25, -0.2) is 0 Å². The first-order valence-electron chi connectivity index (χ1n) is 6.83. The van der Waals surface area contributed by atoms with Gasteiger partial charge in [0.1, 0.15) is 23.7 Å². The van der Waals surface area contributed by atoms with Gasteiger partial charge in [-0.15, -0.1) is 0 Å². The van der Waals surface area contributed by atoms with Crippen LogP contribution in [0.4, 0.5) is 0 Å². The molecule has 0 amide bonds. The number of esters is 1. The fourth-order valence-electron chi connectivity index (χ4n) is 2.73. The molecule has 2 aliphatic heterocycles. The van der Waals surface area contributed by atoms with Crippen molar-refractivity contribution in [3.05, 3.63) is 23.3 Å². The first-order valence-corrected chi connectivity index (χ1v) is 6.83. The molecule has 0 saturated carbocycles. The highest BCUT2D eigenvalue weighted by Gasteiger charge is 2.30. The second-order valence-electron chi connectivity index (χ2n) is 5.08. The van der Waals surface area contributed by atoms with E-state index in [0.717, 1.165) is 23.5 Å². The highest BCUT2D eigenvalue weighted by Crippen LogP contribution is 2.41. The van der Waals surface area contributed by atoms with E-state index in [0.29, 0.717) is 19.4 Å². The van der Waals surface area contributed by atoms with Gasteiger partial charge in [0.15, 0.2) is 0 Å². The van der Waals surface area contributed by atoms with Crippen LogP contribution in [0.25, 0.3) is 0 Å². The number of rotatable bonds is 3. The Balaban J connectivity index is 1.97. The maximum Gasteiger partial charge on any atom is 0.306 e. The van der Waals surface area contributed by atoms with Crippen LogP contribution < -0.4 is 9.47 Å². The van der Waals surface area contributed by atoms with Gasteiger partial charge in [-0.1, -0.05) is 0 Å². The molecule has 1 saturated heterocycles. The molecule has 0 N–H and O–H groups in total. The number of fused-ring (bicyclic) bond motifs is 1. The van der Waals surface area contributed by atoms with Crippen molar-refractivity contribution in [3.63, 3.8) is 0 Å². The van der Waals surface area contributed by atoms with Crippen LogP contribution in [-0.4, -0.2) is 18.7 Å². The van der Waals surface area contributed by atoms with E-state index < -0.39 is 0 Å². The summed E-state index contributed by atoms with van der Waals surface area (Å²) in [6, 6.07) is 4.01. The van der Waals surface area contributed by atoms with Crippen LogP contribution in [0.1, 0.15) is 43.9 Å². The predicted molar refractivity (Wildman–Crippen MR) is 69.5 cm³/mol. The molecule has 0 spiro atoms. The van der Waals surface area contributed by atoms with Crippen LogP contribution >= 0.6 is 0 Å². The van der Waals surface area contributed by atoms with Gasteiger partial charge in [0.2, 0.25) is 0 Å². The summed E-state index contributed by atoms with van der Waals surface area (Å²) in [6.45, 7) is 4.61. The van der Waals surface area contributed by atoms with Crippen molar-refractivity contribution < 1.29 is 19.0 Å². The maximum atomic E-state index is 11.3. The molecular formula is C15H18O4. The van der Waals surface area contributed by atoms with Crippen molar-refractivity contribution in [3.8, 4) is 11.5 Å². The molecule has 2 unspecified atom stereocenters. The number of hydrogen-bond donors (Lipinski definition) is 0. The standard InChI is InChI=1S/C15H18O4/c1-3-17-14-7-10-6-9(2)18-13(10)8-11(14)12-4-5-15(16)19-12/h7-9,12H,3-6H2,1-2H3. The van der Waals surface area contributed by atoms with Gasteiger partial charge in [0, 0.05) is 24.0 Å². The maximum absolute atomic E-state index is 11.3. The lowest BCUT2D eigenvalue weighted by atomic mass is 10.0. The zero-order chi connectivity index (χ0) is 13.4. The molecule has 1 aromatic rings. The molecule has 4 heteroatoms. The largest absolute Gasteiger partial charge is 0.493 e. The summed E-state index contributed by atoms with van der Waals surface area (Å²) in [5, 5.41) is 0. The Bertz CT molecular complexity index is 509. The number of benzene rings is 1. The van der Waals surface area contributed by atoms with E-state index >= 15 is 0 Å². The van der Waals surface area contributed by atoms with Gasteiger partial charge < -0.3 is 14.2 Å². The SMILES string of the molecule is CCOc1cc2c(cc1C1CCC(=O)O1)OC(C)C2. The average Bonchev–Trinajstić information content (AvgIpc) is 2.93. The quantitative estimate of drug-likeness (QED) is 0.786. The monoisotopic (exact) mass is 262 g/mol. The molecule has 2 atom stereocenters. The van der Waals surface area contributed by atoms with Crippen LogP contribution in [0.5, 0.6) is 11.5 Å². The molecular weight excluding hydrogens is 244 g/mol. The molecule has 0 bridgehead atoms. The lowest BCUT2D eigenvalue weighted by Gasteiger charge is -2.16. The number of ether oxygens (including phenoxy) is 3. The summed E-state index contributed by atoms with van der Waals surface area (Å²) < 4.78 is 16.8. The van der Waals surface area contributed by atoms with Crippen LogP contribution in [0.2, 0.25) is 0 Å². The highest BCUT2D eigenvalue weighted by molar-refractivity contribution is 5.72. The van der Waals surface area contributed by atoms with Gasteiger partial charge in [0.25, 0.3) is 0 Å². The van der Waals surface area contributed by atoms with Gasteiger partial charge in [-0.3, -0.25) is 4.79 Å². The van der Waals surface area contributed by atoms with E-state index in [2.05, 4.69) is 6.92 Å². The summed E-state index contributed by atoms with van der Waals surface area (Å²) in [7, 11) is 0. The second-order valence-corrected chi connectivity index (χ2v) is 5.08. The minimum Gasteiger partial charge on any atom is -0.493 e. The second kappa shape index (κ2) is 4.76. The number of carbonyl (C=O) groups is 1. The van der Waals surface area contributed by atoms with Crippen LogP contribution in [-0.2, 0) is 16.0 Å². The van der Waals surface area contributed by atoms with Crippen LogP contribution in [0, 0.1) is 0 Å². The lowest BCUT2D eigenvalue weighted by molar-refractivity contribution is -0.141. The van der Waals surface area contributed by atoms with Crippen LogP contribution in [0.3, 0.4) is 0 Å². The summed E-state index contributed by atoms with van der Waals surface area (Å²) >= 11 is 0. The topological polar surface area (TPSA) is 44.8 Å². The summed E-state index contributed by atoms with van der Waals surface area (Å²) in [4.78, 5) is 11.3. The minimum absolute atomic E-state index is 0.137. The predicted octanol–water partition coefficient (Wildman–Crippen LogP) is 2.79. The molecule has 0 radical (unpaired) electrons. The van der Waals surface area contributed by atoms with Gasteiger partial charge in [0.05, 0.1) is 6.61 Å². The highest BCUT2D eigenvalue weighted by atomic mass is 16.6. The molecule has 1 aromatic carbocycles. The van der Waals surface area contributed by atoms with Crippen molar-refractivity contribution in [2.75, 3.05) is 6.61 Å². The molecule has 2 aliphatic rings. The van der Waals surface area contributed by atoms with Gasteiger partial charge in [-0.2, -0.15) is 0 Å². The van der Waals surface area contributed by atoms with E-state index in [-0.39, 0.29) is 18.2 Å². The Morgan fingerprint density at radius 2 is 2.21 bits per heavy atom. The fraction of sp³-hybridized carbons (Fsp3) is 0.533. The zero-order valence-electron chi connectivity index (χ0n) is 11.3. The number of hydrogen-bond acceptors (Lipinski definition) is 4. The van der Waals surface area contributed by atoms with Gasteiger partial charge >= 0.3 is 5.97 Å². The molecule has 0 aliphatic carbocycles. The van der Waals surface area contributed by atoms with E-state index in [4.69, 9.17) is 14.2 Å². The van der Waals surface area contributed by atoms with Gasteiger partial charge in [-0.05, 0) is 32.4 Å². The molecule has 4 nitrogen and oxygen atoms in total. The summed E-state index contributed by atoms with van der Waals surface area (Å²) in [6.07, 6.45) is 2.10. The Morgan fingerprint density at radius 1 is 1.37 bits per heavy atom. The van der Waals surface area contributed by atoms with E-state index in [1.807, 2.05) is 19.1 Å². The first-order chi connectivity index (χ1) is 9.17. The molecule has 2 heterocycles. The van der Waals surface area contributed by atoms with Crippen molar-refractivity contribution in [2.24, 2.45) is 0 Å². The van der Waals surface area contributed by atoms with E-state index in [9.17, 15) is 4.79 Å². The zero-order valence-corrected chi connectivity index (χ0v) is 11.3. The average molecular weight is 262 g/mol.